The summed E-state index contributed by atoms with van der Waals surface area (Å²) < 4.78 is 79.0. The number of nitrogens with one attached hydrogen (secondary N) is 1. The first kappa shape index (κ1) is 33.9. The van der Waals surface area contributed by atoms with Crippen molar-refractivity contribution < 1.29 is 60.2 Å². The molecule has 21 nitrogen and oxygen atoms in total. The maximum atomic E-state index is 13.4. The highest BCUT2D eigenvalue weighted by Crippen LogP contribution is 2.35. The normalized spacial score (nSPS) is 11.3. The first-order valence-electron chi connectivity index (χ1n) is 11.5. The van der Waals surface area contributed by atoms with Gasteiger partial charge in [0, 0.05) is 17.8 Å². The van der Waals surface area contributed by atoms with Crippen molar-refractivity contribution in [2.45, 2.75) is 9.79 Å². The van der Waals surface area contributed by atoms with Crippen LogP contribution in [0.25, 0.3) is 11.4 Å². The number of carbonyl (C=O) groups excluding carboxylic acids is 1. The molecule has 0 fully saturated rings. The summed E-state index contributed by atoms with van der Waals surface area (Å²) >= 11 is 0. The second-order valence-corrected chi connectivity index (χ2v) is 11.2. The van der Waals surface area contributed by atoms with Gasteiger partial charge in [-0.3, -0.25) is 34.1 Å². The van der Waals surface area contributed by atoms with Gasteiger partial charge in [0.1, 0.15) is 5.10 Å². The second-order valence-electron chi connectivity index (χ2n) is 8.38. The fraction of sp³-hybridized carbons (Fsp3) is 0.0909. The van der Waals surface area contributed by atoms with Gasteiger partial charge in [0.15, 0.2) is 37.9 Å². The van der Waals surface area contributed by atoms with E-state index in [1.54, 1.807) is 18.2 Å². The quantitative estimate of drug-likeness (QED) is 0.0915. The molecular weight excluding hydrogens is 650 g/mol. The van der Waals surface area contributed by atoms with Crippen LogP contribution in [0.4, 0.5) is 17.1 Å². The summed E-state index contributed by atoms with van der Waals surface area (Å²) in [7, 11) is -8.52. The molecule has 0 aliphatic rings. The lowest BCUT2D eigenvalue weighted by molar-refractivity contribution is -0.682. The largest absolute Gasteiger partial charge is 0.870 e. The van der Waals surface area contributed by atoms with Gasteiger partial charge < -0.3 is 20.3 Å². The summed E-state index contributed by atoms with van der Waals surface area (Å²) in [6.07, 6.45) is 0. The number of tetrazole rings is 1. The molecule has 0 saturated heterocycles. The molecule has 1 aromatic heterocycles. The van der Waals surface area contributed by atoms with E-state index in [1.165, 1.54) is 12.1 Å². The Morgan fingerprint density at radius 1 is 0.889 bits per heavy atom. The number of hydrogen-bond donors (Lipinski definition) is 3. The maximum absolute atomic E-state index is 13.4. The molecular formula is C22H19N7O14S2. The van der Waals surface area contributed by atoms with Crippen LogP contribution >= 0.6 is 0 Å². The van der Waals surface area contributed by atoms with Crippen molar-refractivity contribution in [1.82, 2.24) is 15.1 Å². The van der Waals surface area contributed by atoms with Crippen LogP contribution in [-0.4, -0.2) is 76.5 Å². The van der Waals surface area contributed by atoms with Crippen LogP contribution < -0.4 is 19.5 Å². The predicted octanol–water partition coefficient (Wildman–Crippen LogP) is 0.947. The Kier molecular flexibility index (Phi) is 9.44. The molecule has 1 heterocycles. The van der Waals surface area contributed by atoms with Crippen LogP contribution in [-0.2, 0) is 20.2 Å². The summed E-state index contributed by atoms with van der Waals surface area (Å²) in [5, 5.41) is 33.3. The van der Waals surface area contributed by atoms with Gasteiger partial charge in [-0.25, -0.2) is 0 Å². The number of carbonyl (C=O) groups is 1. The van der Waals surface area contributed by atoms with E-state index in [9.17, 15) is 51.0 Å². The third kappa shape index (κ3) is 6.65. The molecule has 0 atom stereocenters. The Balaban J connectivity index is 0.00000552. The van der Waals surface area contributed by atoms with Crippen molar-refractivity contribution in [3.8, 4) is 22.9 Å². The number of ether oxygens (including phenoxy) is 2. The van der Waals surface area contributed by atoms with Gasteiger partial charge in [0.25, 0.3) is 11.4 Å². The Morgan fingerprint density at radius 2 is 1.40 bits per heavy atom. The smallest absolute Gasteiger partial charge is 0.395 e. The van der Waals surface area contributed by atoms with Gasteiger partial charge in [-0.05, 0) is 16.9 Å². The van der Waals surface area contributed by atoms with E-state index >= 15 is 0 Å². The summed E-state index contributed by atoms with van der Waals surface area (Å²) in [4.78, 5) is 32.5. The monoisotopic (exact) mass is 669 g/mol. The number of anilines is 1. The molecule has 0 aliphatic carbocycles. The summed E-state index contributed by atoms with van der Waals surface area (Å²) in [5.41, 5.74) is -3.05. The Labute approximate surface area is 251 Å². The molecule has 238 valence electrons. The van der Waals surface area contributed by atoms with E-state index in [1.807, 2.05) is 0 Å². The average Bonchev–Trinajstić information content (AvgIpc) is 3.40. The number of nitrogens with zero attached hydrogens (tertiary/aromatic N) is 6. The lowest BCUT2D eigenvalue weighted by Gasteiger charge is -2.13. The fourth-order valence-electron chi connectivity index (χ4n) is 3.90. The highest BCUT2D eigenvalue weighted by molar-refractivity contribution is 7.86. The van der Waals surface area contributed by atoms with Crippen LogP contribution in [0, 0.1) is 20.2 Å². The number of amides is 1. The molecule has 0 radical (unpaired) electrons. The summed E-state index contributed by atoms with van der Waals surface area (Å²) in [6.45, 7) is 0. The molecule has 4 rings (SSSR count). The second kappa shape index (κ2) is 12.5. The van der Waals surface area contributed by atoms with E-state index in [-0.39, 0.29) is 11.2 Å². The van der Waals surface area contributed by atoms with Gasteiger partial charge in [0.2, 0.25) is 0 Å². The molecule has 4 N–H and O–H groups in total. The number of nitro benzene ring substituents is 2. The zero-order chi connectivity index (χ0) is 32.6. The first-order valence-corrected chi connectivity index (χ1v) is 14.4. The van der Waals surface area contributed by atoms with Crippen molar-refractivity contribution in [2.24, 2.45) is 0 Å². The molecule has 4 aromatic rings. The van der Waals surface area contributed by atoms with E-state index in [4.69, 9.17) is 9.47 Å². The van der Waals surface area contributed by atoms with Crippen molar-refractivity contribution >= 4 is 43.2 Å². The topological polar surface area (TPSA) is 307 Å². The van der Waals surface area contributed by atoms with Gasteiger partial charge in [-0.15, -0.1) is 4.68 Å². The van der Waals surface area contributed by atoms with Crippen molar-refractivity contribution in [3.05, 3.63) is 80.7 Å². The Bertz CT molecular complexity index is 2050. The highest BCUT2D eigenvalue weighted by Gasteiger charge is 2.38. The molecule has 3 aromatic carbocycles. The van der Waals surface area contributed by atoms with E-state index in [0.717, 1.165) is 14.2 Å². The number of rotatable bonds is 10. The number of para-hydroxylation sites is 1. The van der Waals surface area contributed by atoms with E-state index in [0.29, 0.717) is 33.7 Å². The third-order valence-electron chi connectivity index (χ3n) is 5.76. The average molecular weight is 670 g/mol. The summed E-state index contributed by atoms with van der Waals surface area (Å²) in [6, 6.07) is 10.1. The molecule has 0 bridgehead atoms. The lowest BCUT2D eigenvalue weighted by Crippen LogP contribution is -2.47. The lowest BCUT2D eigenvalue weighted by atomic mass is 10.2. The van der Waals surface area contributed by atoms with Gasteiger partial charge >= 0.3 is 32.0 Å². The molecule has 0 unspecified atom stereocenters. The van der Waals surface area contributed by atoms with Crippen LogP contribution in [0.5, 0.6) is 11.5 Å². The van der Waals surface area contributed by atoms with Crippen LogP contribution in [0.3, 0.4) is 0 Å². The molecule has 0 saturated carbocycles. The van der Waals surface area contributed by atoms with Gasteiger partial charge in [-0.1, -0.05) is 18.2 Å². The van der Waals surface area contributed by atoms with E-state index in [2.05, 4.69) is 15.6 Å². The van der Waals surface area contributed by atoms with Crippen molar-refractivity contribution in [2.75, 3.05) is 19.5 Å². The van der Waals surface area contributed by atoms with Gasteiger partial charge in [0.05, 0.1) is 36.2 Å². The molecule has 0 aliphatic heterocycles. The van der Waals surface area contributed by atoms with Crippen molar-refractivity contribution in [1.29, 1.82) is 0 Å². The third-order valence-corrected chi connectivity index (χ3v) is 7.53. The number of aromatic nitrogens is 4. The fourth-order valence-corrected chi connectivity index (χ4v) is 5.22. The minimum atomic E-state index is -5.30. The molecule has 0 spiro atoms. The molecule has 23 heteroatoms. The molecule has 1 amide bonds. The number of nitro groups is 2. The van der Waals surface area contributed by atoms with Crippen LogP contribution in [0.15, 0.2) is 64.4 Å². The zero-order valence-corrected chi connectivity index (χ0v) is 24.2. The Hall–Kier alpha value is -5.62. The predicted molar refractivity (Wildman–Crippen MR) is 145 cm³/mol. The Morgan fingerprint density at radius 3 is 1.89 bits per heavy atom. The van der Waals surface area contributed by atoms with Crippen LogP contribution in [0.1, 0.15) is 10.6 Å². The minimum Gasteiger partial charge on any atom is -0.870 e. The number of hydrogen-bond acceptors (Lipinski definition) is 14. The minimum absolute atomic E-state index is 0. The van der Waals surface area contributed by atoms with Gasteiger partial charge in [-0.2, -0.15) is 16.8 Å². The zero-order valence-electron chi connectivity index (χ0n) is 22.5. The van der Waals surface area contributed by atoms with Crippen molar-refractivity contribution in [3.63, 3.8) is 0 Å². The highest BCUT2D eigenvalue weighted by atomic mass is 32.2. The van der Waals surface area contributed by atoms with E-state index < -0.39 is 85.9 Å². The number of benzene rings is 3. The maximum Gasteiger partial charge on any atom is 0.395 e. The molecule has 45 heavy (non-hydrogen) atoms. The standard InChI is InChI=1S/C22H17N7O13S2.H2O/c1-41-17-8-15(28(31)32)19(43(35,36)37)10-13(17)26-21(22(30)23-12-6-4-3-5-7-12)24-25-27(26)14-11-20(44(38,39)40)16(29(33)34)9-18(14)42-2;/h3-11H,1-2H3,(H2-,23,30,35,36,37,38,39,40);1H2. The van der Waals surface area contributed by atoms with Crippen LogP contribution in [0.2, 0.25) is 0 Å². The number of methoxy groups -OCH3 is 2. The first-order chi connectivity index (χ1) is 20.6. The SMILES string of the molecule is COc1cc([N+](=O)[O-])c(S(=O)(=O)O)cc1-n1nnc(C(=O)Nc2ccccc2)[n+]1-c1cc(S(=O)(=O)O)c([N+](=O)[O-])cc1OC.[OH-]. The summed E-state index contributed by atoms with van der Waals surface area (Å²) in [5.74, 6) is -2.65.